The number of ether oxygens (including phenoxy) is 1. The van der Waals surface area contributed by atoms with E-state index in [9.17, 15) is 4.79 Å². The minimum Gasteiger partial charge on any atom is -0.462 e. The number of carbonyl (C=O) groups excluding carboxylic acids is 1. The molecule has 0 fully saturated rings. The molecule has 0 bridgehead atoms. The van der Waals surface area contributed by atoms with Gasteiger partial charge >= 0.3 is 5.97 Å². The maximum Gasteiger partial charge on any atom is 0.338 e. The fourth-order valence-corrected chi connectivity index (χ4v) is 6.63. The number of hydrogen-bond acceptors (Lipinski definition) is 6. The zero-order chi connectivity index (χ0) is 16.8. The van der Waals surface area contributed by atoms with E-state index in [1.165, 1.54) is 13.4 Å². The molecule has 2 aliphatic heterocycles. The summed E-state index contributed by atoms with van der Waals surface area (Å²) in [7, 11) is 0. The van der Waals surface area contributed by atoms with Crippen LogP contribution in [0.2, 0.25) is 0 Å². The predicted molar refractivity (Wildman–Crippen MR) is 111 cm³/mol. The maximum atomic E-state index is 12.0. The van der Waals surface area contributed by atoms with Crippen LogP contribution in [0.4, 0.5) is 0 Å². The molecule has 6 heteroatoms. The van der Waals surface area contributed by atoms with Crippen molar-refractivity contribution in [3.05, 3.63) is 60.1 Å². The van der Waals surface area contributed by atoms with Crippen LogP contribution in [0.3, 0.4) is 0 Å². The third kappa shape index (κ3) is 4.69. The van der Waals surface area contributed by atoms with E-state index in [0.717, 1.165) is 24.8 Å². The first-order valence-electron chi connectivity index (χ1n) is 7.83. The Morgan fingerprint density at radius 3 is 2.46 bits per heavy atom. The Labute approximate surface area is 159 Å². The van der Waals surface area contributed by atoms with Crippen LogP contribution in [-0.4, -0.2) is 12.6 Å². The molecule has 0 unspecified atom stereocenters. The van der Waals surface area contributed by atoms with E-state index in [2.05, 4.69) is 23.1 Å². The third-order valence-corrected chi connectivity index (χ3v) is 8.50. The Bertz CT molecular complexity index is 679. The normalized spacial score (nSPS) is 16.6. The van der Waals surface area contributed by atoms with Crippen molar-refractivity contribution < 1.29 is 9.53 Å². The van der Waals surface area contributed by atoms with Crippen molar-refractivity contribution in [2.75, 3.05) is 6.61 Å². The number of rotatable bonds is 6. The molecule has 1 aromatic rings. The number of esters is 1. The van der Waals surface area contributed by atoms with E-state index >= 15 is 0 Å². The van der Waals surface area contributed by atoms with Gasteiger partial charge in [0.05, 0.1) is 20.6 Å². The van der Waals surface area contributed by atoms with Gasteiger partial charge in [0.1, 0.15) is 0 Å². The second-order valence-corrected chi connectivity index (χ2v) is 9.49. The highest BCUT2D eigenvalue weighted by atomic mass is 32.2. The second kappa shape index (κ2) is 9.13. The molecule has 0 spiro atoms. The highest BCUT2D eigenvalue weighted by Crippen LogP contribution is 2.55. The molecule has 0 N–H and O–H groups in total. The topological polar surface area (TPSA) is 26.3 Å². The standard InChI is InChI=1S/C18H18O2S4/c1-2-3-4-9-20-16(19)14-7-5-13(6-8-14)15-12-23-18(24-15)17-21-10-11-22-17/h5-8,10-12H,2-4,9H2,1H3. The molecule has 0 radical (unpaired) electrons. The molecule has 0 aromatic heterocycles. The van der Waals surface area contributed by atoms with Gasteiger partial charge in [0.15, 0.2) is 0 Å². The summed E-state index contributed by atoms with van der Waals surface area (Å²) in [4.78, 5) is 13.2. The zero-order valence-electron chi connectivity index (χ0n) is 13.3. The number of thioether (sulfide) groups is 4. The Morgan fingerprint density at radius 2 is 1.75 bits per heavy atom. The predicted octanol–water partition coefficient (Wildman–Crippen LogP) is 6.89. The van der Waals surface area contributed by atoms with Crippen LogP contribution in [-0.2, 0) is 4.74 Å². The number of carbonyl (C=O) groups is 1. The van der Waals surface area contributed by atoms with Gasteiger partial charge < -0.3 is 4.74 Å². The van der Waals surface area contributed by atoms with Gasteiger partial charge in [-0.1, -0.05) is 78.9 Å². The molecular formula is C18H18O2S4. The van der Waals surface area contributed by atoms with Gasteiger partial charge in [-0.2, -0.15) is 0 Å². The Hall–Kier alpha value is -0.690. The third-order valence-electron chi connectivity index (χ3n) is 3.43. The van der Waals surface area contributed by atoms with Crippen molar-refractivity contribution in [3.63, 3.8) is 0 Å². The fraction of sp³-hybridized carbons (Fsp3) is 0.278. The lowest BCUT2D eigenvalue weighted by atomic mass is 10.1. The second-order valence-electron chi connectivity index (χ2n) is 5.21. The van der Waals surface area contributed by atoms with Crippen molar-refractivity contribution in [2.45, 2.75) is 26.2 Å². The van der Waals surface area contributed by atoms with E-state index < -0.39 is 0 Å². The van der Waals surface area contributed by atoms with Gasteiger partial charge in [0.25, 0.3) is 0 Å². The summed E-state index contributed by atoms with van der Waals surface area (Å²) in [5.41, 5.74) is 1.77. The van der Waals surface area contributed by atoms with Gasteiger partial charge in [-0.05, 0) is 40.3 Å². The molecule has 24 heavy (non-hydrogen) atoms. The zero-order valence-corrected chi connectivity index (χ0v) is 16.6. The summed E-state index contributed by atoms with van der Waals surface area (Å²) in [6, 6.07) is 7.72. The Balaban J connectivity index is 1.57. The molecule has 1 aromatic carbocycles. The van der Waals surface area contributed by atoms with E-state index in [4.69, 9.17) is 4.74 Å². The quantitative estimate of drug-likeness (QED) is 0.385. The van der Waals surface area contributed by atoms with Crippen LogP contribution in [0.5, 0.6) is 0 Å². The Kier molecular flexibility index (Phi) is 6.89. The summed E-state index contributed by atoms with van der Waals surface area (Å²) in [6.45, 7) is 2.64. The molecule has 2 heterocycles. The number of benzene rings is 1. The van der Waals surface area contributed by atoms with Gasteiger partial charge in [0.2, 0.25) is 0 Å². The van der Waals surface area contributed by atoms with Crippen molar-refractivity contribution in [2.24, 2.45) is 0 Å². The molecule has 0 amide bonds. The summed E-state index contributed by atoms with van der Waals surface area (Å²) in [5, 5.41) is 6.42. The molecule has 0 saturated heterocycles. The number of hydrogen-bond donors (Lipinski definition) is 0. The van der Waals surface area contributed by atoms with Crippen LogP contribution in [0.25, 0.3) is 4.91 Å². The first-order valence-corrected chi connectivity index (χ1v) is 11.3. The Morgan fingerprint density at radius 1 is 1.00 bits per heavy atom. The summed E-state index contributed by atoms with van der Waals surface area (Å²) < 4.78 is 7.99. The first-order chi connectivity index (χ1) is 11.8. The van der Waals surface area contributed by atoms with Crippen molar-refractivity contribution in [3.8, 4) is 0 Å². The molecule has 2 aliphatic rings. The number of unbranched alkanes of at least 4 members (excludes halogenated alkanes) is 2. The molecule has 126 valence electrons. The van der Waals surface area contributed by atoms with Gasteiger partial charge in [0, 0.05) is 4.91 Å². The maximum absolute atomic E-state index is 12.0. The largest absolute Gasteiger partial charge is 0.462 e. The van der Waals surface area contributed by atoms with Crippen LogP contribution >= 0.6 is 47.0 Å². The van der Waals surface area contributed by atoms with E-state index in [1.54, 1.807) is 47.0 Å². The molecular weight excluding hydrogens is 376 g/mol. The highest BCUT2D eigenvalue weighted by molar-refractivity contribution is 8.35. The summed E-state index contributed by atoms with van der Waals surface area (Å²) in [5.74, 6) is -0.229. The lowest BCUT2D eigenvalue weighted by Gasteiger charge is -2.06. The van der Waals surface area contributed by atoms with Gasteiger partial charge in [-0.25, -0.2) is 4.79 Å². The van der Waals surface area contributed by atoms with Gasteiger partial charge in [-0.15, -0.1) is 0 Å². The van der Waals surface area contributed by atoms with Crippen LogP contribution in [0.1, 0.15) is 42.1 Å². The van der Waals surface area contributed by atoms with Crippen LogP contribution in [0, 0.1) is 0 Å². The fourth-order valence-electron chi connectivity index (χ4n) is 2.15. The monoisotopic (exact) mass is 394 g/mol. The lowest BCUT2D eigenvalue weighted by Crippen LogP contribution is -2.06. The highest BCUT2D eigenvalue weighted by Gasteiger charge is 2.20. The average Bonchev–Trinajstić information content (AvgIpc) is 3.29. The van der Waals surface area contributed by atoms with Crippen LogP contribution in [0.15, 0.2) is 49.0 Å². The first kappa shape index (κ1) is 18.1. The minimum absolute atomic E-state index is 0.229. The molecule has 2 nitrogen and oxygen atoms in total. The van der Waals surface area contributed by atoms with E-state index in [-0.39, 0.29) is 5.97 Å². The molecule has 0 atom stereocenters. The SMILES string of the molecule is CCCCCOC(=O)c1ccc(C2=CSC(=C3SC=CS3)S2)cc1. The van der Waals surface area contributed by atoms with Crippen LogP contribution < -0.4 is 0 Å². The summed E-state index contributed by atoms with van der Waals surface area (Å²) in [6.07, 6.45) is 3.16. The smallest absolute Gasteiger partial charge is 0.338 e. The van der Waals surface area contributed by atoms with Crippen molar-refractivity contribution in [1.82, 2.24) is 0 Å². The molecule has 0 aliphatic carbocycles. The molecule has 3 rings (SSSR count). The van der Waals surface area contributed by atoms with E-state index in [1.807, 2.05) is 24.3 Å². The van der Waals surface area contributed by atoms with E-state index in [0.29, 0.717) is 12.2 Å². The average molecular weight is 395 g/mol. The lowest BCUT2D eigenvalue weighted by molar-refractivity contribution is 0.0498. The molecule has 0 saturated carbocycles. The minimum atomic E-state index is -0.229. The summed E-state index contributed by atoms with van der Waals surface area (Å²) >= 11 is 7.14. The van der Waals surface area contributed by atoms with Crippen molar-refractivity contribution in [1.29, 1.82) is 0 Å². The van der Waals surface area contributed by atoms with Crippen molar-refractivity contribution >= 4 is 57.9 Å². The van der Waals surface area contributed by atoms with Gasteiger partial charge in [-0.3, -0.25) is 0 Å².